The van der Waals surface area contributed by atoms with Crippen LogP contribution in [0.1, 0.15) is 38.7 Å². The second-order valence-corrected chi connectivity index (χ2v) is 7.10. The van der Waals surface area contributed by atoms with Crippen LogP contribution in [0.4, 0.5) is 5.69 Å². The Labute approximate surface area is 127 Å². The zero-order valence-electron chi connectivity index (χ0n) is 12.5. The van der Waals surface area contributed by atoms with Crippen molar-refractivity contribution in [2.24, 2.45) is 11.8 Å². The van der Waals surface area contributed by atoms with E-state index in [2.05, 4.69) is 36.2 Å². The van der Waals surface area contributed by atoms with E-state index in [0.717, 1.165) is 23.4 Å². The summed E-state index contributed by atoms with van der Waals surface area (Å²) in [6.07, 6.45) is 4.29. The summed E-state index contributed by atoms with van der Waals surface area (Å²) in [6, 6.07) is 6.87. The lowest BCUT2D eigenvalue weighted by atomic mass is 10.0. The molecule has 1 saturated carbocycles. The van der Waals surface area contributed by atoms with Crippen molar-refractivity contribution in [3.63, 3.8) is 0 Å². The van der Waals surface area contributed by atoms with E-state index >= 15 is 0 Å². The van der Waals surface area contributed by atoms with Crippen LogP contribution < -0.4 is 10.2 Å². The topological polar surface area (TPSA) is 15.3 Å². The molecule has 110 valence electrons. The number of rotatable bonds is 4. The van der Waals surface area contributed by atoms with Crippen LogP contribution in [0.25, 0.3) is 0 Å². The summed E-state index contributed by atoms with van der Waals surface area (Å²) < 4.78 is 0. The van der Waals surface area contributed by atoms with Gasteiger partial charge in [-0.1, -0.05) is 31.9 Å². The Hall–Kier alpha value is -0.730. The van der Waals surface area contributed by atoms with E-state index in [-0.39, 0.29) is 0 Å². The summed E-state index contributed by atoms with van der Waals surface area (Å²) in [6.45, 7) is 7.75. The molecule has 1 N–H and O–H groups in total. The maximum atomic E-state index is 6.19. The Morgan fingerprint density at radius 2 is 1.95 bits per heavy atom. The molecule has 1 saturated heterocycles. The molecule has 2 aliphatic rings. The lowest BCUT2D eigenvalue weighted by molar-refractivity contribution is 0.494. The molecule has 2 nitrogen and oxygen atoms in total. The van der Waals surface area contributed by atoms with Crippen molar-refractivity contribution < 1.29 is 0 Å². The average Bonchev–Trinajstić information content (AvgIpc) is 2.97. The summed E-state index contributed by atoms with van der Waals surface area (Å²) in [7, 11) is 0. The van der Waals surface area contributed by atoms with E-state index in [4.69, 9.17) is 11.6 Å². The second-order valence-electron chi connectivity index (χ2n) is 6.66. The molecule has 3 rings (SSSR count). The first-order valence-corrected chi connectivity index (χ1v) is 8.28. The SMILES string of the molecule is CC(C)NCc1cc(Cl)ccc1N1CC2CCCC2C1. The number of nitrogens with zero attached hydrogens (tertiary/aromatic N) is 1. The van der Waals surface area contributed by atoms with E-state index in [1.54, 1.807) is 0 Å². The number of fused-ring (bicyclic) bond motifs is 1. The van der Waals surface area contributed by atoms with E-state index < -0.39 is 0 Å². The minimum atomic E-state index is 0.500. The first-order valence-electron chi connectivity index (χ1n) is 7.90. The van der Waals surface area contributed by atoms with E-state index in [1.165, 1.54) is 43.6 Å². The highest BCUT2D eigenvalue weighted by molar-refractivity contribution is 6.30. The molecule has 1 aromatic carbocycles. The van der Waals surface area contributed by atoms with Gasteiger partial charge in [-0.05, 0) is 48.4 Å². The molecular formula is C17H25ClN2. The minimum absolute atomic E-state index is 0.500. The molecule has 0 aromatic heterocycles. The molecule has 2 atom stereocenters. The van der Waals surface area contributed by atoms with Crippen LogP contribution in [0.3, 0.4) is 0 Å². The molecule has 2 unspecified atom stereocenters. The molecule has 0 radical (unpaired) electrons. The Kier molecular flexibility index (Phi) is 4.23. The molecule has 0 amide bonds. The van der Waals surface area contributed by atoms with Gasteiger partial charge in [0.1, 0.15) is 0 Å². The van der Waals surface area contributed by atoms with Crippen molar-refractivity contribution >= 4 is 17.3 Å². The predicted octanol–water partition coefficient (Wildman–Crippen LogP) is 4.07. The Morgan fingerprint density at radius 3 is 2.60 bits per heavy atom. The predicted molar refractivity (Wildman–Crippen MR) is 86.5 cm³/mol. The monoisotopic (exact) mass is 292 g/mol. The highest BCUT2D eigenvalue weighted by Gasteiger charge is 2.36. The molecule has 1 heterocycles. The van der Waals surface area contributed by atoms with Crippen molar-refractivity contribution in [3.8, 4) is 0 Å². The Morgan fingerprint density at radius 1 is 1.25 bits per heavy atom. The number of benzene rings is 1. The van der Waals surface area contributed by atoms with Gasteiger partial charge in [0.15, 0.2) is 0 Å². The van der Waals surface area contributed by atoms with Gasteiger partial charge in [-0.25, -0.2) is 0 Å². The van der Waals surface area contributed by atoms with Crippen molar-refractivity contribution in [1.29, 1.82) is 0 Å². The lowest BCUT2D eigenvalue weighted by Gasteiger charge is -2.24. The second kappa shape index (κ2) is 5.95. The lowest BCUT2D eigenvalue weighted by Crippen LogP contribution is -2.26. The third-order valence-corrected chi connectivity index (χ3v) is 5.04. The van der Waals surface area contributed by atoms with Gasteiger partial charge in [-0.2, -0.15) is 0 Å². The minimum Gasteiger partial charge on any atom is -0.371 e. The van der Waals surface area contributed by atoms with E-state index in [0.29, 0.717) is 6.04 Å². The van der Waals surface area contributed by atoms with Gasteiger partial charge >= 0.3 is 0 Å². The summed E-state index contributed by atoms with van der Waals surface area (Å²) in [5.74, 6) is 1.85. The molecule has 1 aliphatic heterocycles. The fraction of sp³-hybridized carbons (Fsp3) is 0.647. The van der Waals surface area contributed by atoms with Crippen molar-refractivity contribution in [3.05, 3.63) is 28.8 Å². The van der Waals surface area contributed by atoms with Gasteiger partial charge < -0.3 is 10.2 Å². The first-order chi connectivity index (χ1) is 9.63. The summed E-state index contributed by atoms with van der Waals surface area (Å²) in [4.78, 5) is 2.59. The third-order valence-electron chi connectivity index (χ3n) is 4.81. The van der Waals surface area contributed by atoms with Crippen LogP contribution >= 0.6 is 11.6 Å². The summed E-state index contributed by atoms with van der Waals surface area (Å²) in [5, 5.41) is 4.36. The maximum absolute atomic E-state index is 6.19. The summed E-state index contributed by atoms with van der Waals surface area (Å²) >= 11 is 6.19. The molecule has 0 bridgehead atoms. The smallest absolute Gasteiger partial charge is 0.0413 e. The quantitative estimate of drug-likeness (QED) is 0.900. The van der Waals surface area contributed by atoms with Gasteiger partial charge in [-0.15, -0.1) is 0 Å². The van der Waals surface area contributed by atoms with E-state index in [1.807, 2.05) is 6.07 Å². The van der Waals surface area contributed by atoms with Crippen LogP contribution in [-0.2, 0) is 6.54 Å². The number of hydrogen-bond donors (Lipinski definition) is 1. The molecular weight excluding hydrogens is 268 g/mol. The first kappa shape index (κ1) is 14.2. The normalized spacial score (nSPS) is 25.5. The fourth-order valence-electron chi connectivity index (χ4n) is 3.75. The number of nitrogens with one attached hydrogen (secondary N) is 1. The number of anilines is 1. The highest BCUT2D eigenvalue weighted by atomic mass is 35.5. The summed E-state index contributed by atoms with van der Waals surface area (Å²) in [5.41, 5.74) is 2.73. The van der Waals surface area contributed by atoms with Crippen molar-refractivity contribution in [2.45, 2.75) is 45.7 Å². The van der Waals surface area contributed by atoms with Crippen LogP contribution in [0.2, 0.25) is 5.02 Å². The molecule has 2 fully saturated rings. The molecule has 1 aliphatic carbocycles. The average molecular weight is 293 g/mol. The fourth-order valence-corrected chi connectivity index (χ4v) is 3.94. The van der Waals surface area contributed by atoms with Gasteiger partial charge in [0.05, 0.1) is 0 Å². The zero-order valence-corrected chi connectivity index (χ0v) is 13.3. The zero-order chi connectivity index (χ0) is 14.1. The van der Waals surface area contributed by atoms with Gasteiger partial charge in [0.2, 0.25) is 0 Å². The van der Waals surface area contributed by atoms with Gasteiger partial charge in [0, 0.05) is 36.4 Å². The number of halogens is 1. The van der Waals surface area contributed by atoms with Crippen LogP contribution in [0.15, 0.2) is 18.2 Å². The number of hydrogen-bond acceptors (Lipinski definition) is 2. The van der Waals surface area contributed by atoms with Crippen LogP contribution in [0.5, 0.6) is 0 Å². The Balaban J connectivity index is 1.78. The maximum Gasteiger partial charge on any atom is 0.0413 e. The third kappa shape index (κ3) is 2.96. The molecule has 0 spiro atoms. The van der Waals surface area contributed by atoms with Gasteiger partial charge in [-0.3, -0.25) is 0 Å². The highest BCUT2D eigenvalue weighted by Crippen LogP contribution is 2.40. The van der Waals surface area contributed by atoms with E-state index in [9.17, 15) is 0 Å². The molecule has 3 heteroatoms. The van der Waals surface area contributed by atoms with Gasteiger partial charge in [0.25, 0.3) is 0 Å². The molecule has 20 heavy (non-hydrogen) atoms. The molecule has 1 aromatic rings. The standard InChI is InChI=1S/C17H25ClN2/c1-12(2)19-9-15-8-16(18)6-7-17(15)20-10-13-4-3-5-14(13)11-20/h6-8,12-14,19H,3-5,9-11H2,1-2H3. The Bertz CT molecular complexity index is 460. The van der Waals surface area contributed by atoms with Crippen LogP contribution in [0, 0.1) is 11.8 Å². The van der Waals surface area contributed by atoms with Crippen LogP contribution in [-0.4, -0.2) is 19.1 Å². The largest absolute Gasteiger partial charge is 0.371 e. The van der Waals surface area contributed by atoms with Crippen molar-refractivity contribution in [2.75, 3.05) is 18.0 Å². The van der Waals surface area contributed by atoms with Crippen molar-refractivity contribution in [1.82, 2.24) is 5.32 Å².